The van der Waals surface area contributed by atoms with Crippen molar-refractivity contribution in [3.05, 3.63) is 21.9 Å². The number of thiophene rings is 1. The highest BCUT2D eigenvalue weighted by molar-refractivity contribution is 7.10. The van der Waals surface area contributed by atoms with E-state index in [4.69, 9.17) is 10.5 Å². The second-order valence-electron chi connectivity index (χ2n) is 3.74. The summed E-state index contributed by atoms with van der Waals surface area (Å²) >= 11 is 1.44. The van der Waals surface area contributed by atoms with E-state index in [1.807, 2.05) is 6.92 Å². The van der Waals surface area contributed by atoms with Gasteiger partial charge in [-0.25, -0.2) is 0 Å². The molecule has 0 bridgehead atoms. The van der Waals surface area contributed by atoms with E-state index in [0.29, 0.717) is 18.7 Å². The molecule has 0 fully saturated rings. The molecule has 0 saturated carbocycles. The zero-order valence-electron chi connectivity index (χ0n) is 10.7. The molecule has 0 aromatic carbocycles. The monoisotopic (exact) mass is 266 g/mol. The molecule has 18 heavy (non-hydrogen) atoms. The van der Waals surface area contributed by atoms with Gasteiger partial charge in [0, 0.05) is 12.5 Å². The van der Waals surface area contributed by atoms with Gasteiger partial charge in [-0.1, -0.05) is 18.8 Å². The fourth-order valence-electron chi connectivity index (χ4n) is 1.39. The van der Waals surface area contributed by atoms with Crippen molar-refractivity contribution in [3.63, 3.8) is 0 Å². The van der Waals surface area contributed by atoms with Gasteiger partial charge in [-0.2, -0.15) is 0 Å². The molecular formula is C13H18N2O2S. The highest BCUT2D eigenvalue weighted by Crippen LogP contribution is 2.13. The van der Waals surface area contributed by atoms with Crippen molar-refractivity contribution in [2.75, 3.05) is 20.3 Å². The maximum Gasteiger partial charge on any atom is 0.252 e. The number of hydrogen-bond acceptors (Lipinski definition) is 4. The molecular weight excluding hydrogens is 248 g/mol. The first kappa shape index (κ1) is 14.7. The third kappa shape index (κ3) is 4.49. The highest BCUT2D eigenvalue weighted by Gasteiger charge is 2.13. The maximum atomic E-state index is 11.9. The van der Waals surface area contributed by atoms with E-state index >= 15 is 0 Å². The van der Waals surface area contributed by atoms with Gasteiger partial charge in [0.25, 0.3) is 5.91 Å². The number of ether oxygens (including phenoxy) is 1. The quantitative estimate of drug-likeness (QED) is 0.787. The van der Waals surface area contributed by atoms with E-state index < -0.39 is 0 Å². The molecule has 1 aromatic heterocycles. The number of rotatable bonds is 5. The Labute approximate surface area is 112 Å². The molecule has 1 amide bonds. The Kier molecular flexibility index (Phi) is 6.44. The molecule has 0 aliphatic heterocycles. The third-order valence-electron chi connectivity index (χ3n) is 2.37. The van der Waals surface area contributed by atoms with E-state index in [-0.39, 0.29) is 11.9 Å². The van der Waals surface area contributed by atoms with Crippen molar-refractivity contribution < 1.29 is 9.53 Å². The zero-order chi connectivity index (χ0) is 13.4. The lowest BCUT2D eigenvalue weighted by atomic mass is 10.2. The second kappa shape index (κ2) is 7.88. The fraction of sp³-hybridized carbons (Fsp3) is 0.462. The van der Waals surface area contributed by atoms with Crippen LogP contribution in [0.15, 0.2) is 11.4 Å². The summed E-state index contributed by atoms with van der Waals surface area (Å²) in [4.78, 5) is 12.8. The minimum absolute atomic E-state index is 0.0426. The molecule has 1 aromatic rings. The van der Waals surface area contributed by atoms with Crippen LogP contribution in [0.2, 0.25) is 0 Å². The summed E-state index contributed by atoms with van der Waals surface area (Å²) in [6.07, 6.45) is 0.837. The van der Waals surface area contributed by atoms with Crippen molar-refractivity contribution in [2.45, 2.75) is 19.4 Å². The first-order chi connectivity index (χ1) is 8.71. The number of nitrogens with two attached hydrogens (primary N) is 1. The number of methoxy groups -OCH3 is 1. The van der Waals surface area contributed by atoms with Gasteiger partial charge in [-0.05, 0) is 12.5 Å². The molecule has 0 radical (unpaired) electrons. The Morgan fingerprint density at radius 1 is 1.67 bits per heavy atom. The number of hydrogen-bond donors (Lipinski definition) is 2. The van der Waals surface area contributed by atoms with Crippen molar-refractivity contribution >= 4 is 17.2 Å². The van der Waals surface area contributed by atoms with Crippen molar-refractivity contribution in [1.29, 1.82) is 0 Å². The normalized spacial score (nSPS) is 11.5. The number of amides is 1. The second-order valence-corrected chi connectivity index (χ2v) is 4.65. The van der Waals surface area contributed by atoms with Crippen LogP contribution in [0, 0.1) is 11.8 Å². The fourth-order valence-corrected chi connectivity index (χ4v) is 2.15. The molecule has 98 valence electrons. The van der Waals surface area contributed by atoms with Gasteiger partial charge in [0.2, 0.25) is 0 Å². The van der Waals surface area contributed by atoms with Crippen LogP contribution >= 0.6 is 11.3 Å². The van der Waals surface area contributed by atoms with E-state index in [1.165, 1.54) is 11.3 Å². The molecule has 1 unspecified atom stereocenters. The topological polar surface area (TPSA) is 64.3 Å². The average molecular weight is 266 g/mol. The number of carbonyl (C=O) groups excluding carboxylic acids is 1. The van der Waals surface area contributed by atoms with Crippen molar-refractivity contribution in [1.82, 2.24) is 5.32 Å². The lowest BCUT2D eigenvalue weighted by Gasteiger charge is -2.15. The lowest BCUT2D eigenvalue weighted by Crippen LogP contribution is -2.37. The molecule has 1 atom stereocenters. The van der Waals surface area contributed by atoms with Gasteiger partial charge >= 0.3 is 0 Å². The smallest absolute Gasteiger partial charge is 0.252 e. The summed E-state index contributed by atoms with van der Waals surface area (Å²) in [5.41, 5.74) is 5.93. The van der Waals surface area contributed by atoms with Crippen LogP contribution in [0.3, 0.4) is 0 Å². The average Bonchev–Trinajstić information content (AvgIpc) is 2.84. The Balaban J connectivity index is 2.63. The molecule has 5 heteroatoms. The first-order valence-corrected chi connectivity index (χ1v) is 6.66. The van der Waals surface area contributed by atoms with Crippen LogP contribution < -0.4 is 11.1 Å². The summed E-state index contributed by atoms with van der Waals surface area (Å²) in [5, 5.41) is 4.72. The van der Waals surface area contributed by atoms with Gasteiger partial charge in [-0.15, -0.1) is 11.3 Å². The molecule has 4 nitrogen and oxygen atoms in total. The first-order valence-electron chi connectivity index (χ1n) is 5.78. The Morgan fingerprint density at radius 2 is 2.44 bits per heavy atom. The standard InChI is InChI=1S/C13H18N2O2S/c1-3-11(8-17-2)15-13(16)10-7-12(18-9-10)5-4-6-14/h7,9,11H,3,6,8,14H2,1-2H3,(H,15,16). The van der Waals surface area contributed by atoms with Crippen LogP contribution in [-0.2, 0) is 4.74 Å². The Hall–Kier alpha value is -1.35. The maximum absolute atomic E-state index is 11.9. The molecule has 0 saturated heterocycles. The third-order valence-corrected chi connectivity index (χ3v) is 3.22. The zero-order valence-corrected chi connectivity index (χ0v) is 11.5. The van der Waals surface area contributed by atoms with E-state index in [2.05, 4.69) is 17.2 Å². The van der Waals surface area contributed by atoms with Gasteiger partial charge < -0.3 is 15.8 Å². The van der Waals surface area contributed by atoms with Crippen LogP contribution in [0.25, 0.3) is 0 Å². The number of nitrogens with one attached hydrogen (secondary N) is 1. The minimum Gasteiger partial charge on any atom is -0.383 e. The summed E-state index contributed by atoms with van der Waals surface area (Å²) in [6.45, 7) is 2.85. The summed E-state index contributed by atoms with van der Waals surface area (Å²) in [5.74, 6) is 5.59. The van der Waals surface area contributed by atoms with Gasteiger partial charge in [-0.3, -0.25) is 4.79 Å². The van der Waals surface area contributed by atoms with Crippen LogP contribution in [0.5, 0.6) is 0 Å². The predicted octanol–water partition coefficient (Wildman–Crippen LogP) is 1.21. The van der Waals surface area contributed by atoms with E-state index in [1.54, 1.807) is 18.6 Å². The molecule has 3 N–H and O–H groups in total. The largest absolute Gasteiger partial charge is 0.383 e. The molecule has 1 heterocycles. The number of carbonyl (C=O) groups is 1. The molecule has 1 rings (SSSR count). The van der Waals surface area contributed by atoms with Gasteiger partial charge in [0.15, 0.2) is 0 Å². The van der Waals surface area contributed by atoms with Gasteiger partial charge in [0.1, 0.15) is 0 Å². The molecule has 0 aliphatic rings. The van der Waals surface area contributed by atoms with E-state index in [9.17, 15) is 4.79 Å². The van der Waals surface area contributed by atoms with E-state index in [0.717, 1.165) is 11.3 Å². The SMILES string of the molecule is CCC(COC)NC(=O)c1csc(C#CCN)c1. The van der Waals surface area contributed by atoms with Crippen LogP contribution in [0.4, 0.5) is 0 Å². The predicted molar refractivity (Wildman–Crippen MR) is 73.7 cm³/mol. The summed E-state index contributed by atoms with van der Waals surface area (Å²) in [6, 6.07) is 1.82. The Bertz CT molecular complexity index is 445. The van der Waals surface area contributed by atoms with Crippen LogP contribution in [0.1, 0.15) is 28.6 Å². The Morgan fingerprint density at radius 3 is 3.06 bits per heavy atom. The van der Waals surface area contributed by atoms with Crippen molar-refractivity contribution in [3.8, 4) is 11.8 Å². The minimum atomic E-state index is -0.0871. The summed E-state index contributed by atoms with van der Waals surface area (Å²) < 4.78 is 5.04. The molecule has 0 aliphatic carbocycles. The molecule has 0 spiro atoms. The highest BCUT2D eigenvalue weighted by atomic mass is 32.1. The lowest BCUT2D eigenvalue weighted by molar-refractivity contribution is 0.0895. The van der Waals surface area contributed by atoms with Gasteiger partial charge in [0.05, 0.1) is 29.6 Å². The summed E-state index contributed by atoms with van der Waals surface area (Å²) in [7, 11) is 1.62. The van der Waals surface area contributed by atoms with Crippen molar-refractivity contribution in [2.24, 2.45) is 5.73 Å². The van der Waals surface area contributed by atoms with Crippen LogP contribution in [-0.4, -0.2) is 32.2 Å².